The molecule has 0 aromatic heterocycles. The third kappa shape index (κ3) is 4.75. The van der Waals surface area contributed by atoms with Crippen LogP contribution in [0.2, 0.25) is 0 Å². The predicted octanol–water partition coefficient (Wildman–Crippen LogP) is 1.17. The van der Waals surface area contributed by atoms with Crippen molar-refractivity contribution in [1.29, 1.82) is 0 Å². The van der Waals surface area contributed by atoms with E-state index in [9.17, 15) is 9.59 Å². The molecule has 1 aliphatic carbocycles. The maximum atomic E-state index is 11.7. The molecule has 2 amide bonds. The van der Waals surface area contributed by atoms with Crippen molar-refractivity contribution in [3.8, 4) is 0 Å². The molecule has 0 saturated heterocycles. The molecule has 0 aromatic carbocycles. The van der Waals surface area contributed by atoms with E-state index in [0.717, 1.165) is 0 Å². The highest BCUT2D eigenvalue weighted by Gasteiger charge is 2.47. The van der Waals surface area contributed by atoms with Crippen molar-refractivity contribution in [3.63, 3.8) is 0 Å². The Morgan fingerprint density at radius 3 is 1.59 bits per heavy atom. The lowest BCUT2D eigenvalue weighted by Crippen LogP contribution is -2.33. The average molecular weight is 240 g/mol. The SMILES string of the molecule is CC(C)CNC(=O)C1CC1C(=O)NCC(C)C. The zero-order valence-corrected chi connectivity index (χ0v) is 11.2. The highest BCUT2D eigenvalue weighted by Crippen LogP contribution is 2.38. The topological polar surface area (TPSA) is 58.2 Å². The molecule has 0 spiro atoms. The van der Waals surface area contributed by atoms with E-state index in [-0.39, 0.29) is 23.7 Å². The van der Waals surface area contributed by atoms with Crippen molar-refractivity contribution >= 4 is 11.8 Å². The highest BCUT2D eigenvalue weighted by atomic mass is 16.2. The van der Waals surface area contributed by atoms with Gasteiger partial charge in [0.1, 0.15) is 0 Å². The van der Waals surface area contributed by atoms with Crippen LogP contribution in [0.25, 0.3) is 0 Å². The van der Waals surface area contributed by atoms with Gasteiger partial charge in [0.25, 0.3) is 0 Å². The summed E-state index contributed by atoms with van der Waals surface area (Å²) in [7, 11) is 0. The largest absolute Gasteiger partial charge is 0.356 e. The molecular formula is C13H24N2O2. The minimum atomic E-state index is -0.0964. The third-order valence-corrected chi connectivity index (χ3v) is 2.83. The molecule has 17 heavy (non-hydrogen) atoms. The number of rotatable bonds is 6. The van der Waals surface area contributed by atoms with Crippen molar-refractivity contribution < 1.29 is 9.59 Å². The minimum absolute atomic E-state index is 0.0309. The fraction of sp³-hybridized carbons (Fsp3) is 0.846. The first kappa shape index (κ1) is 14.0. The summed E-state index contributed by atoms with van der Waals surface area (Å²) in [6, 6.07) is 0. The molecule has 2 unspecified atom stereocenters. The molecule has 2 atom stereocenters. The second kappa shape index (κ2) is 6.03. The summed E-state index contributed by atoms with van der Waals surface area (Å²) in [6.45, 7) is 9.60. The first-order valence-electron chi connectivity index (χ1n) is 6.47. The summed E-state index contributed by atoms with van der Waals surface area (Å²) in [5, 5.41) is 5.75. The molecule has 1 aliphatic rings. The van der Waals surface area contributed by atoms with Crippen LogP contribution in [0, 0.1) is 23.7 Å². The van der Waals surface area contributed by atoms with E-state index in [2.05, 4.69) is 38.3 Å². The number of amides is 2. The van der Waals surface area contributed by atoms with Crippen LogP contribution >= 0.6 is 0 Å². The molecule has 0 aliphatic heterocycles. The fourth-order valence-electron chi connectivity index (χ4n) is 1.65. The van der Waals surface area contributed by atoms with Crippen LogP contribution in [0.15, 0.2) is 0 Å². The summed E-state index contributed by atoms with van der Waals surface area (Å²) in [6.07, 6.45) is 0.702. The zero-order chi connectivity index (χ0) is 13.0. The molecule has 0 aromatic rings. The van der Waals surface area contributed by atoms with Crippen LogP contribution in [0.4, 0.5) is 0 Å². The lowest BCUT2D eigenvalue weighted by molar-refractivity contribution is -0.127. The molecule has 4 nitrogen and oxygen atoms in total. The van der Waals surface area contributed by atoms with Gasteiger partial charge in [-0.25, -0.2) is 0 Å². The summed E-state index contributed by atoms with van der Waals surface area (Å²) in [5.41, 5.74) is 0. The Balaban J connectivity index is 2.23. The molecule has 0 bridgehead atoms. The maximum absolute atomic E-state index is 11.7. The first-order chi connectivity index (χ1) is 7.91. The van der Waals surface area contributed by atoms with Crippen molar-refractivity contribution in [2.45, 2.75) is 34.1 Å². The molecule has 0 heterocycles. The average Bonchev–Trinajstić information content (AvgIpc) is 3.02. The number of hydrogen-bond donors (Lipinski definition) is 2. The number of carbonyl (C=O) groups excluding carboxylic acids is 2. The Morgan fingerprint density at radius 1 is 0.941 bits per heavy atom. The molecule has 1 saturated carbocycles. The standard InChI is InChI=1S/C13H24N2O2/c1-8(2)6-14-12(16)10-5-11(10)13(17)15-7-9(3)4/h8-11H,5-7H2,1-4H3,(H,14,16)(H,15,17). The minimum Gasteiger partial charge on any atom is -0.356 e. The van der Waals surface area contributed by atoms with E-state index < -0.39 is 0 Å². The maximum Gasteiger partial charge on any atom is 0.223 e. The molecule has 2 N–H and O–H groups in total. The fourth-order valence-corrected chi connectivity index (χ4v) is 1.65. The predicted molar refractivity (Wildman–Crippen MR) is 67.3 cm³/mol. The second-order valence-corrected chi connectivity index (χ2v) is 5.73. The van der Waals surface area contributed by atoms with Gasteiger partial charge in [-0.1, -0.05) is 27.7 Å². The van der Waals surface area contributed by atoms with E-state index in [4.69, 9.17) is 0 Å². The van der Waals surface area contributed by atoms with Gasteiger partial charge < -0.3 is 10.6 Å². The van der Waals surface area contributed by atoms with Gasteiger partial charge in [0.05, 0.1) is 11.8 Å². The molecule has 0 radical (unpaired) electrons. The van der Waals surface area contributed by atoms with Crippen LogP contribution in [0.3, 0.4) is 0 Å². The van der Waals surface area contributed by atoms with Gasteiger partial charge in [-0.2, -0.15) is 0 Å². The van der Waals surface area contributed by atoms with Gasteiger partial charge in [0.2, 0.25) is 11.8 Å². The van der Waals surface area contributed by atoms with Crippen molar-refractivity contribution in [2.24, 2.45) is 23.7 Å². The van der Waals surface area contributed by atoms with Gasteiger partial charge in [-0.15, -0.1) is 0 Å². The Hall–Kier alpha value is -1.06. The van der Waals surface area contributed by atoms with Crippen molar-refractivity contribution in [3.05, 3.63) is 0 Å². The van der Waals surface area contributed by atoms with Crippen LogP contribution in [0.1, 0.15) is 34.1 Å². The molecule has 98 valence electrons. The van der Waals surface area contributed by atoms with Gasteiger partial charge in [-0.3, -0.25) is 9.59 Å². The number of hydrogen-bond acceptors (Lipinski definition) is 2. The molecule has 1 rings (SSSR count). The molecule has 4 heteroatoms. The zero-order valence-electron chi connectivity index (χ0n) is 11.2. The summed E-state index contributed by atoms with van der Waals surface area (Å²) in [5.74, 6) is 0.769. The van der Waals surface area contributed by atoms with Gasteiger partial charge in [-0.05, 0) is 18.3 Å². The van der Waals surface area contributed by atoms with E-state index in [0.29, 0.717) is 31.3 Å². The highest BCUT2D eigenvalue weighted by molar-refractivity contribution is 5.92. The monoisotopic (exact) mass is 240 g/mol. The Kier molecular flexibility index (Phi) is 4.97. The normalized spacial score (nSPS) is 22.7. The van der Waals surface area contributed by atoms with Crippen molar-refractivity contribution in [1.82, 2.24) is 10.6 Å². The quantitative estimate of drug-likeness (QED) is 0.732. The van der Waals surface area contributed by atoms with E-state index >= 15 is 0 Å². The molecular weight excluding hydrogens is 216 g/mol. The van der Waals surface area contributed by atoms with Gasteiger partial charge in [0, 0.05) is 13.1 Å². The van der Waals surface area contributed by atoms with E-state index in [1.807, 2.05) is 0 Å². The molecule has 1 fully saturated rings. The Labute approximate surface area is 104 Å². The smallest absolute Gasteiger partial charge is 0.223 e. The lowest BCUT2D eigenvalue weighted by Gasteiger charge is -2.08. The van der Waals surface area contributed by atoms with Gasteiger partial charge >= 0.3 is 0 Å². The first-order valence-corrected chi connectivity index (χ1v) is 6.47. The number of carbonyl (C=O) groups is 2. The van der Waals surface area contributed by atoms with Crippen LogP contribution in [-0.4, -0.2) is 24.9 Å². The summed E-state index contributed by atoms with van der Waals surface area (Å²) in [4.78, 5) is 23.3. The lowest BCUT2D eigenvalue weighted by atomic mass is 10.2. The summed E-state index contributed by atoms with van der Waals surface area (Å²) < 4.78 is 0. The Morgan fingerprint density at radius 2 is 1.29 bits per heavy atom. The van der Waals surface area contributed by atoms with Crippen molar-refractivity contribution in [2.75, 3.05) is 13.1 Å². The van der Waals surface area contributed by atoms with Crippen LogP contribution in [-0.2, 0) is 9.59 Å². The third-order valence-electron chi connectivity index (χ3n) is 2.83. The number of nitrogens with one attached hydrogen (secondary N) is 2. The van der Waals surface area contributed by atoms with Gasteiger partial charge in [0.15, 0.2) is 0 Å². The van der Waals surface area contributed by atoms with Crippen LogP contribution in [0.5, 0.6) is 0 Å². The van der Waals surface area contributed by atoms with Crippen LogP contribution < -0.4 is 10.6 Å². The van der Waals surface area contributed by atoms with E-state index in [1.54, 1.807) is 0 Å². The Bertz CT molecular complexity index is 259. The second-order valence-electron chi connectivity index (χ2n) is 5.73. The summed E-state index contributed by atoms with van der Waals surface area (Å²) >= 11 is 0. The van der Waals surface area contributed by atoms with E-state index in [1.165, 1.54) is 0 Å².